The van der Waals surface area contributed by atoms with Crippen LogP contribution in [0.2, 0.25) is 0 Å². The maximum atomic E-state index is 14.7. The van der Waals surface area contributed by atoms with Crippen LogP contribution in [0.4, 0.5) is 21.6 Å². The Balaban J connectivity index is 1.13. The van der Waals surface area contributed by atoms with Crippen LogP contribution in [0.3, 0.4) is 0 Å². The van der Waals surface area contributed by atoms with Crippen LogP contribution in [0.15, 0.2) is 49.1 Å². The molecule has 2 saturated carbocycles. The highest BCUT2D eigenvalue weighted by molar-refractivity contribution is 6.08. The molecule has 0 bridgehead atoms. The molecule has 0 radical (unpaired) electrons. The van der Waals surface area contributed by atoms with E-state index in [-0.39, 0.29) is 18.0 Å². The highest BCUT2D eigenvalue weighted by atomic mass is 19.1. The van der Waals surface area contributed by atoms with Crippen molar-refractivity contribution in [2.75, 3.05) is 23.3 Å². The summed E-state index contributed by atoms with van der Waals surface area (Å²) in [4.78, 5) is 32.3. The lowest BCUT2D eigenvalue weighted by Gasteiger charge is -2.46. The van der Waals surface area contributed by atoms with Gasteiger partial charge in [-0.05, 0) is 81.5 Å². The third-order valence-corrected chi connectivity index (χ3v) is 11.2. The molecule has 3 fully saturated rings. The van der Waals surface area contributed by atoms with E-state index in [9.17, 15) is 9.18 Å². The average molecular weight is 594 g/mol. The fraction of sp³-hybridized carbons (Fsp3) is 0.486. The highest BCUT2D eigenvalue weighted by Gasteiger charge is 2.63. The molecule has 44 heavy (non-hydrogen) atoms. The Morgan fingerprint density at radius 2 is 1.77 bits per heavy atom. The van der Waals surface area contributed by atoms with Crippen LogP contribution in [0.25, 0.3) is 22.3 Å². The second-order valence-electron chi connectivity index (χ2n) is 14.7. The van der Waals surface area contributed by atoms with Gasteiger partial charge in [-0.25, -0.2) is 14.4 Å². The zero-order chi connectivity index (χ0) is 30.7. The van der Waals surface area contributed by atoms with Crippen molar-refractivity contribution in [1.29, 1.82) is 0 Å². The maximum absolute atomic E-state index is 14.7. The Labute approximate surface area is 257 Å². The molecule has 3 aromatic heterocycles. The van der Waals surface area contributed by atoms with Crippen LogP contribution in [0.5, 0.6) is 0 Å². The summed E-state index contributed by atoms with van der Waals surface area (Å²) in [6.07, 6.45) is 6.59. The number of rotatable bonds is 6. The number of benzene rings is 1. The minimum atomic E-state index is -0.586. The van der Waals surface area contributed by atoms with E-state index in [1.807, 2.05) is 30.5 Å². The van der Waals surface area contributed by atoms with E-state index < -0.39 is 11.2 Å². The molecule has 9 heteroatoms. The van der Waals surface area contributed by atoms with Crippen molar-refractivity contribution in [3.8, 4) is 11.3 Å². The van der Waals surface area contributed by atoms with E-state index >= 15 is 0 Å². The van der Waals surface area contributed by atoms with E-state index in [1.165, 1.54) is 19.3 Å². The molecule has 5 heterocycles. The molecule has 1 N–H and O–H groups in total. The van der Waals surface area contributed by atoms with Crippen molar-refractivity contribution in [2.45, 2.75) is 77.9 Å². The molecule has 1 saturated heterocycles. The zero-order valence-corrected chi connectivity index (χ0v) is 26.3. The van der Waals surface area contributed by atoms with Crippen LogP contribution in [-0.2, 0) is 10.2 Å². The van der Waals surface area contributed by atoms with Crippen LogP contribution in [0, 0.1) is 23.1 Å². The minimum Gasteiger partial charge on any atom is -0.336 e. The number of piperidine rings is 1. The second kappa shape index (κ2) is 9.33. The lowest BCUT2D eigenvalue weighted by Crippen LogP contribution is -2.56. The smallest absolute Gasteiger partial charge is 0.237 e. The molecule has 2 atom stereocenters. The lowest BCUT2D eigenvalue weighted by molar-refractivity contribution is -0.123. The van der Waals surface area contributed by atoms with E-state index in [2.05, 4.69) is 59.9 Å². The molecule has 1 aromatic carbocycles. The number of imidazole rings is 1. The summed E-state index contributed by atoms with van der Waals surface area (Å²) in [5, 5.41) is 3.21. The van der Waals surface area contributed by atoms with Gasteiger partial charge in [-0.15, -0.1) is 0 Å². The van der Waals surface area contributed by atoms with Crippen molar-refractivity contribution in [3.63, 3.8) is 0 Å². The number of amides is 1. The van der Waals surface area contributed by atoms with Gasteiger partial charge in [0.25, 0.3) is 0 Å². The Morgan fingerprint density at radius 3 is 2.48 bits per heavy atom. The number of halogens is 1. The van der Waals surface area contributed by atoms with E-state index in [1.54, 1.807) is 18.6 Å². The lowest BCUT2D eigenvalue weighted by atomic mass is 9.83. The predicted octanol–water partition coefficient (Wildman–Crippen LogP) is 6.70. The first-order valence-corrected chi connectivity index (χ1v) is 15.9. The van der Waals surface area contributed by atoms with Gasteiger partial charge in [0.1, 0.15) is 5.52 Å². The second-order valence-corrected chi connectivity index (χ2v) is 14.7. The summed E-state index contributed by atoms with van der Waals surface area (Å²) in [6.45, 7) is 15.5. The SMILES string of the molecule is CC(C)n1cnc2cc(-c3ccc4c(c3)N([C@H]3C[C@@H](N5CC6C(C5)C6(C)C)C3)C(=O)C4(C)C)nc(Nc3ccncc3F)c21. The number of fused-ring (bicyclic) bond motifs is 3. The molecule has 4 aromatic rings. The number of carbonyl (C=O) groups is 1. The maximum Gasteiger partial charge on any atom is 0.237 e. The highest BCUT2D eigenvalue weighted by Crippen LogP contribution is 2.63. The van der Waals surface area contributed by atoms with Crippen molar-refractivity contribution >= 4 is 34.1 Å². The number of anilines is 3. The van der Waals surface area contributed by atoms with Crippen LogP contribution >= 0.6 is 0 Å². The normalized spacial score (nSPS) is 26.6. The molecule has 1 amide bonds. The number of likely N-dealkylation sites (tertiary alicyclic amines) is 1. The predicted molar refractivity (Wildman–Crippen MR) is 170 cm³/mol. The van der Waals surface area contributed by atoms with Gasteiger partial charge in [-0.1, -0.05) is 26.0 Å². The molecule has 2 unspecified atom stereocenters. The Hall–Kier alpha value is -3.85. The van der Waals surface area contributed by atoms with Gasteiger partial charge in [0.2, 0.25) is 5.91 Å². The Kier molecular flexibility index (Phi) is 5.87. The minimum absolute atomic E-state index is 0.140. The summed E-state index contributed by atoms with van der Waals surface area (Å²) in [6, 6.07) is 10.7. The molecule has 2 aliphatic heterocycles. The zero-order valence-electron chi connectivity index (χ0n) is 26.3. The number of nitrogens with zero attached hydrogens (tertiary/aromatic N) is 6. The number of nitrogens with one attached hydrogen (secondary N) is 1. The molecular weight excluding hydrogens is 553 g/mol. The summed E-state index contributed by atoms with van der Waals surface area (Å²) in [7, 11) is 0. The number of hydrogen-bond donors (Lipinski definition) is 1. The first-order chi connectivity index (χ1) is 20.9. The Bertz CT molecular complexity index is 1810. The molecule has 8 rings (SSSR count). The van der Waals surface area contributed by atoms with Gasteiger partial charge in [-0.2, -0.15) is 0 Å². The molecule has 8 nitrogen and oxygen atoms in total. The fourth-order valence-electron chi connectivity index (χ4n) is 8.13. The van der Waals surface area contributed by atoms with Gasteiger partial charge < -0.3 is 14.8 Å². The van der Waals surface area contributed by atoms with Crippen molar-refractivity contribution in [3.05, 3.63) is 60.4 Å². The third-order valence-electron chi connectivity index (χ3n) is 11.2. The molecule has 2 aliphatic carbocycles. The number of hydrogen-bond acceptors (Lipinski definition) is 6. The Morgan fingerprint density at radius 1 is 1.02 bits per heavy atom. The standard InChI is InChI=1S/C35H40FN7O/c1-19(2)42-18-38-29-14-28(40-32(31(29)42)39-27-9-10-37-15-26(27)36)20-7-8-23-30(11-20)43(33(44)35(23,5)6)22-12-21(13-22)41-16-24-25(17-41)34(24,3)4/h7-11,14-15,18-19,21-22,24-25H,12-13,16-17H2,1-6H3,(H,37,39,40)/t21-,22+,24?,25?. The third kappa shape index (κ3) is 3.97. The fourth-order valence-corrected chi connectivity index (χ4v) is 8.13. The average Bonchev–Trinajstić information content (AvgIpc) is 3.42. The molecule has 0 spiro atoms. The largest absolute Gasteiger partial charge is 0.336 e. The number of pyridine rings is 2. The van der Waals surface area contributed by atoms with Gasteiger partial charge >= 0.3 is 0 Å². The first-order valence-electron chi connectivity index (χ1n) is 15.9. The molecule has 4 aliphatic rings. The summed E-state index contributed by atoms with van der Waals surface area (Å²) in [5.74, 6) is 1.92. The topological polar surface area (TPSA) is 79.2 Å². The summed E-state index contributed by atoms with van der Waals surface area (Å²) in [5.41, 5.74) is 5.45. The molecule has 228 valence electrons. The van der Waals surface area contributed by atoms with Gasteiger partial charge in [-0.3, -0.25) is 14.7 Å². The van der Waals surface area contributed by atoms with Crippen LogP contribution in [-0.4, -0.2) is 55.5 Å². The van der Waals surface area contributed by atoms with Crippen LogP contribution < -0.4 is 10.2 Å². The monoisotopic (exact) mass is 593 g/mol. The first kappa shape index (κ1) is 27.7. The van der Waals surface area contributed by atoms with Gasteiger partial charge in [0.15, 0.2) is 11.6 Å². The van der Waals surface area contributed by atoms with E-state index in [0.717, 1.165) is 52.5 Å². The molecular formula is C35H40FN7O. The summed E-state index contributed by atoms with van der Waals surface area (Å²) >= 11 is 0. The van der Waals surface area contributed by atoms with E-state index in [4.69, 9.17) is 9.97 Å². The quantitative estimate of drug-likeness (QED) is 0.268. The van der Waals surface area contributed by atoms with Crippen molar-refractivity contribution in [2.24, 2.45) is 17.3 Å². The van der Waals surface area contributed by atoms with Crippen molar-refractivity contribution < 1.29 is 9.18 Å². The van der Waals surface area contributed by atoms with Crippen LogP contribution in [0.1, 0.15) is 66.0 Å². The van der Waals surface area contributed by atoms with E-state index in [0.29, 0.717) is 28.7 Å². The van der Waals surface area contributed by atoms with Gasteiger partial charge in [0, 0.05) is 48.7 Å². The van der Waals surface area contributed by atoms with Crippen molar-refractivity contribution in [1.82, 2.24) is 24.4 Å². The number of carbonyl (C=O) groups excluding carboxylic acids is 1. The summed E-state index contributed by atoms with van der Waals surface area (Å²) < 4.78 is 16.7. The number of aromatic nitrogens is 4. The van der Waals surface area contributed by atoms with Gasteiger partial charge in [0.05, 0.1) is 34.8 Å².